The molecule has 1 aromatic heterocycles. The van der Waals surface area contributed by atoms with Crippen LogP contribution >= 0.6 is 0 Å². The highest BCUT2D eigenvalue weighted by Gasteiger charge is 2.26. The van der Waals surface area contributed by atoms with Crippen LogP contribution in [0.25, 0.3) is 0 Å². The quantitative estimate of drug-likeness (QED) is 0.868. The van der Waals surface area contributed by atoms with Crippen molar-refractivity contribution in [1.29, 1.82) is 0 Å². The average Bonchev–Trinajstić information content (AvgIpc) is 2.49. The van der Waals surface area contributed by atoms with Crippen LogP contribution < -0.4 is 5.32 Å². The summed E-state index contributed by atoms with van der Waals surface area (Å²) in [7, 11) is 0. The van der Waals surface area contributed by atoms with Crippen molar-refractivity contribution in [3.8, 4) is 0 Å². The lowest BCUT2D eigenvalue weighted by molar-refractivity contribution is -0.125. The SMILES string of the molecule is CC(C)(C)n1cc(CNCC(F)(F)F)nn1. The summed E-state index contributed by atoms with van der Waals surface area (Å²) >= 11 is 0. The first-order valence-electron chi connectivity index (χ1n) is 4.88. The minimum Gasteiger partial charge on any atom is -0.303 e. The molecule has 7 heteroatoms. The van der Waals surface area contributed by atoms with Crippen molar-refractivity contribution in [2.24, 2.45) is 0 Å². The fraction of sp³-hybridized carbons (Fsp3) is 0.778. The van der Waals surface area contributed by atoms with Crippen LogP contribution in [0.5, 0.6) is 0 Å². The number of nitrogens with zero attached hydrogens (tertiary/aromatic N) is 3. The maximum absolute atomic E-state index is 11.8. The smallest absolute Gasteiger partial charge is 0.303 e. The molecular formula is C9H15F3N4. The molecule has 0 radical (unpaired) electrons. The largest absolute Gasteiger partial charge is 0.401 e. The summed E-state index contributed by atoms with van der Waals surface area (Å²) < 4.78 is 37.2. The summed E-state index contributed by atoms with van der Waals surface area (Å²) in [6.45, 7) is 4.86. The lowest BCUT2D eigenvalue weighted by Crippen LogP contribution is -2.28. The number of alkyl halides is 3. The van der Waals surface area contributed by atoms with Crippen molar-refractivity contribution < 1.29 is 13.2 Å². The number of nitrogens with one attached hydrogen (secondary N) is 1. The van der Waals surface area contributed by atoms with Crippen molar-refractivity contribution >= 4 is 0 Å². The second kappa shape index (κ2) is 4.40. The molecule has 0 amide bonds. The van der Waals surface area contributed by atoms with Crippen molar-refractivity contribution in [1.82, 2.24) is 20.3 Å². The molecule has 0 aliphatic rings. The second-order valence-corrected chi connectivity index (χ2v) is 4.54. The van der Waals surface area contributed by atoms with E-state index in [2.05, 4.69) is 15.6 Å². The van der Waals surface area contributed by atoms with E-state index in [1.807, 2.05) is 20.8 Å². The summed E-state index contributed by atoms with van der Waals surface area (Å²) in [5.41, 5.74) is 0.286. The highest BCUT2D eigenvalue weighted by molar-refractivity contribution is 4.94. The van der Waals surface area contributed by atoms with Gasteiger partial charge in [0.1, 0.15) is 0 Å². The van der Waals surface area contributed by atoms with Gasteiger partial charge in [-0.3, -0.25) is 0 Å². The van der Waals surface area contributed by atoms with Gasteiger partial charge in [0.2, 0.25) is 0 Å². The van der Waals surface area contributed by atoms with E-state index in [0.717, 1.165) is 0 Å². The Morgan fingerprint density at radius 3 is 2.38 bits per heavy atom. The Hall–Kier alpha value is -1.11. The fourth-order valence-corrected chi connectivity index (χ4v) is 1.04. The van der Waals surface area contributed by atoms with Crippen LogP contribution in [-0.2, 0) is 12.1 Å². The summed E-state index contributed by atoms with van der Waals surface area (Å²) in [6.07, 6.45) is -2.55. The third-order valence-electron chi connectivity index (χ3n) is 1.86. The van der Waals surface area contributed by atoms with Gasteiger partial charge in [0, 0.05) is 6.54 Å². The lowest BCUT2D eigenvalue weighted by Gasteiger charge is -2.17. The van der Waals surface area contributed by atoms with E-state index in [-0.39, 0.29) is 12.1 Å². The number of aromatic nitrogens is 3. The van der Waals surface area contributed by atoms with E-state index in [0.29, 0.717) is 5.69 Å². The standard InChI is InChI=1S/C9H15F3N4/c1-8(2,3)16-5-7(14-15-16)4-13-6-9(10,11)12/h5,13H,4,6H2,1-3H3. The Balaban J connectivity index is 2.48. The van der Waals surface area contributed by atoms with Gasteiger partial charge in [-0.25, -0.2) is 4.68 Å². The van der Waals surface area contributed by atoms with Gasteiger partial charge in [0.05, 0.1) is 24.0 Å². The molecular weight excluding hydrogens is 221 g/mol. The Kier molecular flexibility index (Phi) is 3.57. The molecule has 0 aliphatic heterocycles. The van der Waals surface area contributed by atoms with Crippen molar-refractivity contribution in [2.45, 2.75) is 39.0 Å². The number of halogens is 3. The van der Waals surface area contributed by atoms with Gasteiger partial charge in [-0.15, -0.1) is 5.10 Å². The molecule has 1 rings (SSSR count). The van der Waals surface area contributed by atoms with Crippen LogP contribution in [0.2, 0.25) is 0 Å². The van der Waals surface area contributed by atoms with Crippen molar-refractivity contribution in [3.63, 3.8) is 0 Å². The van der Waals surface area contributed by atoms with Gasteiger partial charge < -0.3 is 5.32 Å². The zero-order valence-electron chi connectivity index (χ0n) is 9.47. The van der Waals surface area contributed by atoms with Gasteiger partial charge in [-0.1, -0.05) is 5.21 Å². The summed E-state index contributed by atoms with van der Waals surface area (Å²) in [5.74, 6) is 0. The molecule has 0 aliphatic carbocycles. The van der Waals surface area contributed by atoms with Crippen molar-refractivity contribution in [3.05, 3.63) is 11.9 Å². The average molecular weight is 236 g/mol. The van der Waals surface area contributed by atoms with E-state index in [1.54, 1.807) is 10.9 Å². The molecule has 0 saturated heterocycles. The second-order valence-electron chi connectivity index (χ2n) is 4.54. The van der Waals surface area contributed by atoms with E-state index in [4.69, 9.17) is 0 Å². The normalized spacial score (nSPS) is 13.1. The predicted octanol–water partition coefficient (Wildman–Crippen LogP) is 1.68. The van der Waals surface area contributed by atoms with Gasteiger partial charge in [0.15, 0.2) is 0 Å². The molecule has 0 atom stereocenters. The van der Waals surface area contributed by atoms with Crippen LogP contribution in [0.1, 0.15) is 26.5 Å². The molecule has 1 aromatic rings. The number of rotatable bonds is 3. The maximum Gasteiger partial charge on any atom is 0.401 e. The van der Waals surface area contributed by atoms with Gasteiger partial charge in [-0.2, -0.15) is 13.2 Å². The van der Waals surface area contributed by atoms with E-state index in [1.165, 1.54) is 0 Å². The molecule has 16 heavy (non-hydrogen) atoms. The van der Waals surface area contributed by atoms with E-state index in [9.17, 15) is 13.2 Å². The first-order valence-corrected chi connectivity index (χ1v) is 4.88. The molecule has 0 saturated carbocycles. The molecule has 4 nitrogen and oxygen atoms in total. The first-order chi connectivity index (χ1) is 7.18. The molecule has 1 N–H and O–H groups in total. The molecule has 0 bridgehead atoms. The van der Waals surface area contributed by atoms with Gasteiger partial charge >= 0.3 is 6.18 Å². The third kappa shape index (κ3) is 4.18. The Labute approximate surface area is 91.8 Å². The molecule has 1 heterocycles. The van der Waals surface area contributed by atoms with E-state index >= 15 is 0 Å². The Morgan fingerprint density at radius 1 is 1.31 bits per heavy atom. The first kappa shape index (κ1) is 13.0. The van der Waals surface area contributed by atoms with Crippen LogP contribution in [0.3, 0.4) is 0 Å². The molecule has 92 valence electrons. The predicted molar refractivity (Wildman–Crippen MR) is 52.8 cm³/mol. The third-order valence-corrected chi connectivity index (χ3v) is 1.86. The van der Waals surface area contributed by atoms with Crippen LogP contribution in [0, 0.1) is 0 Å². The zero-order chi connectivity index (χ0) is 12.4. The topological polar surface area (TPSA) is 42.7 Å². The number of hydrogen-bond donors (Lipinski definition) is 1. The molecule has 0 unspecified atom stereocenters. The van der Waals surface area contributed by atoms with E-state index < -0.39 is 12.7 Å². The Morgan fingerprint density at radius 2 is 1.94 bits per heavy atom. The minimum absolute atomic E-state index is 0.0651. The van der Waals surface area contributed by atoms with Gasteiger partial charge in [-0.05, 0) is 20.8 Å². The van der Waals surface area contributed by atoms with Crippen LogP contribution in [0.15, 0.2) is 6.20 Å². The Bertz CT molecular complexity index is 337. The lowest BCUT2D eigenvalue weighted by atomic mass is 10.1. The highest BCUT2D eigenvalue weighted by atomic mass is 19.4. The highest BCUT2D eigenvalue weighted by Crippen LogP contribution is 2.13. The molecule has 0 aromatic carbocycles. The monoisotopic (exact) mass is 236 g/mol. The van der Waals surface area contributed by atoms with Crippen molar-refractivity contribution in [2.75, 3.05) is 6.54 Å². The summed E-state index contributed by atoms with van der Waals surface area (Å²) in [4.78, 5) is 0. The number of hydrogen-bond acceptors (Lipinski definition) is 3. The maximum atomic E-state index is 11.8. The molecule has 0 fully saturated rings. The molecule has 0 spiro atoms. The van der Waals surface area contributed by atoms with Crippen LogP contribution in [-0.4, -0.2) is 27.7 Å². The minimum atomic E-state index is -4.19. The summed E-state index contributed by atoms with van der Waals surface area (Å²) in [5, 5.41) is 9.90. The summed E-state index contributed by atoms with van der Waals surface area (Å²) in [6, 6.07) is 0. The fourth-order valence-electron chi connectivity index (χ4n) is 1.04. The van der Waals surface area contributed by atoms with Crippen LogP contribution in [0.4, 0.5) is 13.2 Å². The zero-order valence-corrected chi connectivity index (χ0v) is 9.47. The van der Waals surface area contributed by atoms with Gasteiger partial charge in [0.25, 0.3) is 0 Å².